The van der Waals surface area contributed by atoms with Gasteiger partial charge in [0.25, 0.3) is 5.91 Å². The number of anilines is 1. The Morgan fingerprint density at radius 2 is 2.20 bits per heavy atom. The smallest absolute Gasteiger partial charge is 0.309 e. The van der Waals surface area contributed by atoms with Gasteiger partial charge in [0.05, 0.1) is 16.5 Å². The number of rotatable bonds is 4. The molecule has 1 N–H and O–H groups in total. The molecule has 0 unspecified atom stereocenters. The Morgan fingerprint density at radius 1 is 1.50 bits per heavy atom. The SMILES string of the molecule is C[C@H](OC(=O)C1CC1)C(=O)Nc1ccc(C#N)c(Cl)c1. The number of hydrogen-bond acceptors (Lipinski definition) is 4. The van der Waals surface area contributed by atoms with E-state index in [9.17, 15) is 9.59 Å². The van der Waals surface area contributed by atoms with Gasteiger partial charge in [-0.2, -0.15) is 5.26 Å². The molecule has 1 atom stereocenters. The van der Waals surface area contributed by atoms with Gasteiger partial charge in [-0.1, -0.05) is 11.6 Å². The lowest BCUT2D eigenvalue weighted by atomic mass is 10.2. The molecular weight excluding hydrogens is 280 g/mol. The number of ether oxygens (including phenoxy) is 1. The van der Waals surface area contributed by atoms with E-state index in [-0.39, 0.29) is 16.9 Å². The van der Waals surface area contributed by atoms with Gasteiger partial charge in [-0.15, -0.1) is 0 Å². The summed E-state index contributed by atoms with van der Waals surface area (Å²) in [4.78, 5) is 23.3. The van der Waals surface area contributed by atoms with E-state index in [2.05, 4.69) is 5.32 Å². The molecular formula is C14H13ClN2O3. The minimum atomic E-state index is -0.863. The number of nitrogens with zero attached hydrogens (tertiary/aromatic N) is 1. The monoisotopic (exact) mass is 292 g/mol. The molecule has 1 aromatic rings. The van der Waals surface area contributed by atoms with E-state index in [0.29, 0.717) is 11.3 Å². The van der Waals surface area contributed by atoms with Crippen molar-refractivity contribution in [1.29, 1.82) is 5.26 Å². The molecule has 0 spiro atoms. The van der Waals surface area contributed by atoms with Crippen LogP contribution in [0.5, 0.6) is 0 Å². The molecule has 1 aromatic carbocycles. The van der Waals surface area contributed by atoms with Crippen molar-refractivity contribution in [3.63, 3.8) is 0 Å². The van der Waals surface area contributed by atoms with Crippen molar-refractivity contribution < 1.29 is 14.3 Å². The van der Waals surface area contributed by atoms with Crippen LogP contribution in [-0.4, -0.2) is 18.0 Å². The van der Waals surface area contributed by atoms with Crippen LogP contribution in [0.25, 0.3) is 0 Å². The summed E-state index contributed by atoms with van der Waals surface area (Å²) in [6.45, 7) is 1.51. The topological polar surface area (TPSA) is 79.2 Å². The first-order valence-corrected chi connectivity index (χ1v) is 6.60. The summed E-state index contributed by atoms with van der Waals surface area (Å²) in [5.74, 6) is -0.806. The average Bonchev–Trinajstić information content (AvgIpc) is 3.23. The van der Waals surface area contributed by atoms with Crippen LogP contribution in [0.15, 0.2) is 18.2 Å². The highest BCUT2D eigenvalue weighted by Gasteiger charge is 2.33. The Balaban J connectivity index is 1.94. The standard InChI is InChI=1S/C14H13ClN2O3/c1-8(20-14(19)9-2-3-9)13(18)17-11-5-4-10(7-16)12(15)6-11/h4-6,8-9H,2-3H2,1H3,(H,17,18)/t8-/m0/s1. The Kier molecular flexibility index (Phi) is 4.26. The van der Waals surface area contributed by atoms with Crippen molar-refractivity contribution in [3.8, 4) is 6.07 Å². The van der Waals surface area contributed by atoms with Crippen LogP contribution in [0.2, 0.25) is 5.02 Å². The molecule has 1 fully saturated rings. The molecule has 0 aromatic heterocycles. The minimum Gasteiger partial charge on any atom is -0.452 e. The number of nitrogens with one attached hydrogen (secondary N) is 1. The van der Waals surface area contributed by atoms with E-state index in [1.54, 1.807) is 6.07 Å². The van der Waals surface area contributed by atoms with Gasteiger partial charge in [0.15, 0.2) is 6.10 Å². The Bertz CT molecular complexity index is 591. The third kappa shape index (κ3) is 3.49. The van der Waals surface area contributed by atoms with Crippen molar-refractivity contribution in [1.82, 2.24) is 0 Å². The highest BCUT2D eigenvalue weighted by atomic mass is 35.5. The van der Waals surface area contributed by atoms with Gasteiger partial charge in [-0.25, -0.2) is 0 Å². The number of halogens is 1. The average molecular weight is 293 g/mol. The maximum atomic E-state index is 11.9. The summed E-state index contributed by atoms with van der Waals surface area (Å²) in [5, 5.41) is 11.6. The van der Waals surface area contributed by atoms with Crippen LogP contribution in [-0.2, 0) is 14.3 Å². The van der Waals surface area contributed by atoms with E-state index < -0.39 is 12.0 Å². The number of carbonyl (C=O) groups is 2. The summed E-state index contributed by atoms with van der Waals surface area (Å²) in [6, 6.07) is 6.49. The summed E-state index contributed by atoms with van der Waals surface area (Å²) >= 11 is 5.87. The normalized spacial score (nSPS) is 15.1. The number of hydrogen-bond donors (Lipinski definition) is 1. The van der Waals surface area contributed by atoms with E-state index >= 15 is 0 Å². The number of carbonyl (C=O) groups excluding carboxylic acids is 2. The fourth-order valence-corrected chi connectivity index (χ4v) is 1.79. The maximum absolute atomic E-state index is 11.9. The van der Waals surface area contributed by atoms with Gasteiger partial charge in [0.2, 0.25) is 0 Å². The number of nitriles is 1. The predicted octanol–water partition coefficient (Wildman–Crippen LogP) is 2.49. The third-order valence-electron chi connectivity index (χ3n) is 2.93. The highest BCUT2D eigenvalue weighted by molar-refractivity contribution is 6.32. The van der Waals surface area contributed by atoms with E-state index in [4.69, 9.17) is 21.6 Å². The zero-order valence-electron chi connectivity index (χ0n) is 10.9. The van der Waals surface area contributed by atoms with Crippen LogP contribution in [0, 0.1) is 17.2 Å². The zero-order valence-corrected chi connectivity index (χ0v) is 11.6. The van der Waals surface area contributed by atoms with Crippen molar-refractivity contribution in [2.24, 2.45) is 5.92 Å². The summed E-state index contributed by atoms with van der Waals surface area (Å²) in [5.41, 5.74) is 0.784. The molecule has 1 aliphatic carbocycles. The molecule has 6 heteroatoms. The molecule has 0 radical (unpaired) electrons. The van der Waals surface area contributed by atoms with Gasteiger partial charge in [-0.3, -0.25) is 9.59 Å². The zero-order chi connectivity index (χ0) is 14.7. The molecule has 2 rings (SSSR count). The van der Waals surface area contributed by atoms with Crippen molar-refractivity contribution >= 4 is 29.2 Å². The second kappa shape index (κ2) is 5.93. The quantitative estimate of drug-likeness (QED) is 0.865. The van der Waals surface area contributed by atoms with Crippen molar-refractivity contribution in [2.75, 3.05) is 5.32 Å². The second-order valence-corrected chi connectivity index (χ2v) is 5.06. The van der Waals surface area contributed by atoms with Crippen molar-refractivity contribution in [2.45, 2.75) is 25.9 Å². The number of amides is 1. The highest BCUT2D eigenvalue weighted by Crippen LogP contribution is 2.30. The van der Waals surface area contributed by atoms with Gasteiger partial charge in [0.1, 0.15) is 6.07 Å². The molecule has 1 amide bonds. The fraction of sp³-hybridized carbons (Fsp3) is 0.357. The van der Waals surface area contributed by atoms with Gasteiger partial charge in [-0.05, 0) is 38.0 Å². The largest absolute Gasteiger partial charge is 0.452 e. The first-order valence-electron chi connectivity index (χ1n) is 6.22. The van der Waals surface area contributed by atoms with Gasteiger partial charge >= 0.3 is 5.97 Å². The Morgan fingerprint density at radius 3 is 2.75 bits per heavy atom. The number of benzene rings is 1. The summed E-state index contributed by atoms with van der Waals surface area (Å²) in [7, 11) is 0. The molecule has 0 aliphatic heterocycles. The Hall–Kier alpha value is -2.06. The van der Waals surface area contributed by atoms with Crippen LogP contribution in [0.4, 0.5) is 5.69 Å². The lowest BCUT2D eigenvalue weighted by Crippen LogP contribution is -2.30. The molecule has 0 bridgehead atoms. The van der Waals surface area contributed by atoms with Gasteiger partial charge in [0, 0.05) is 5.69 Å². The first kappa shape index (κ1) is 14.4. The summed E-state index contributed by atoms with van der Waals surface area (Å²) in [6.07, 6.45) is 0.800. The molecule has 0 heterocycles. The van der Waals surface area contributed by atoms with E-state index in [1.165, 1.54) is 19.1 Å². The lowest BCUT2D eigenvalue weighted by molar-refractivity contribution is -0.154. The number of esters is 1. The van der Waals surface area contributed by atoms with Crippen LogP contribution in [0.1, 0.15) is 25.3 Å². The molecule has 1 saturated carbocycles. The fourth-order valence-electron chi connectivity index (χ4n) is 1.57. The van der Waals surface area contributed by atoms with E-state index in [1.807, 2.05) is 6.07 Å². The summed E-state index contributed by atoms with van der Waals surface area (Å²) < 4.78 is 5.05. The maximum Gasteiger partial charge on any atom is 0.309 e. The molecule has 20 heavy (non-hydrogen) atoms. The Labute approximate surface area is 121 Å². The van der Waals surface area contributed by atoms with E-state index in [0.717, 1.165) is 12.8 Å². The second-order valence-electron chi connectivity index (χ2n) is 4.65. The van der Waals surface area contributed by atoms with Crippen LogP contribution in [0.3, 0.4) is 0 Å². The first-order chi connectivity index (χ1) is 9.51. The molecule has 5 nitrogen and oxygen atoms in total. The molecule has 0 saturated heterocycles. The van der Waals surface area contributed by atoms with Crippen LogP contribution < -0.4 is 5.32 Å². The molecule has 1 aliphatic rings. The lowest BCUT2D eigenvalue weighted by Gasteiger charge is -2.13. The predicted molar refractivity (Wildman–Crippen MR) is 73.1 cm³/mol. The minimum absolute atomic E-state index is 0.0467. The third-order valence-corrected chi connectivity index (χ3v) is 3.24. The van der Waals surface area contributed by atoms with Gasteiger partial charge < -0.3 is 10.1 Å². The van der Waals surface area contributed by atoms with Crippen molar-refractivity contribution in [3.05, 3.63) is 28.8 Å². The van der Waals surface area contributed by atoms with Crippen LogP contribution >= 0.6 is 11.6 Å². The molecule has 104 valence electrons.